The second kappa shape index (κ2) is 12.4. The summed E-state index contributed by atoms with van der Waals surface area (Å²) in [6.07, 6.45) is 2.23. The normalized spacial score (nSPS) is 18.3. The number of methoxy groups -OCH3 is 1. The van der Waals surface area contributed by atoms with Crippen LogP contribution in [0.3, 0.4) is 0 Å². The Bertz CT molecular complexity index is 798. The van der Waals surface area contributed by atoms with Crippen molar-refractivity contribution in [3.05, 3.63) is 23.2 Å². The van der Waals surface area contributed by atoms with Crippen LogP contribution in [-0.2, 0) is 16.1 Å². The van der Waals surface area contributed by atoms with Crippen molar-refractivity contribution in [1.82, 2.24) is 20.0 Å². The molecule has 0 spiro atoms. The zero-order valence-electron chi connectivity index (χ0n) is 19.6. The summed E-state index contributed by atoms with van der Waals surface area (Å²) in [5.74, 6) is 1.82. The lowest BCUT2D eigenvalue weighted by Crippen LogP contribution is -2.57. The van der Waals surface area contributed by atoms with Gasteiger partial charge in [-0.2, -0.15) is 0 Å². The number of hydrogen-bond acceptors (Lipinski definition) is 6. The number of rotatable bonds is 6. The van der Waals surface area contributed by atoms with E-state index in [-0.39, 0.29) is 35.9 Å². The van der Waals surface area contributed by atoms with Crippen molar-refractivity contribution in [3.63, 3.8) is 0 Å². The predicted molar refractivity (Wildman–Crippen MR) is 133 cm³/mol. The number of aliphatic imine (C=N–C) groups is 1. The van der Waals surface area contributed by atoms with Gasteiger partial charge in [0.15, 0.2) is 5.96 Å². The minimum absolute atomic E-state index is 0. The number of carbonyl (C=O) groups is 2. The Morgan fingerprint density at radius 2 is 1.81 bits per heavy atom. The summed E-state index contributed by atoms with van der Waals surface area (Å²) < 4.78 is 10.5. The molecule has 0 saturated carbocycles. The van der Waals surface area contributed by atoms with E-state index in [0.29, 0.717) is 23.6 Å². The van der Waals surface area contributed by atoms with E-state index in [4.69, 9.17) is 14.1 Å². The number of likely N-dealkylation sites (tertiary alicyclic amines) is 1. The molecule has 9 nitrogen and oxygen atoms in total. The second-order valence-electron chi connectivity index (χ2n) is 8.08. The van der Waals surface area contributed by atoms with Crippen LogP contribution in [0.5, 0.6) is 0 Å². The average molecular weight is 561 g/mol. The molecule has 2 aliphatic heterocycles. The largest absolute Gasteiger partial charge is 0.465 e. The van der Waals surface area contributed by atoms with Gasteiger partial charge in [0.25, 0.3) is 0 Å². The highest BCUT2D eigenvalue weighted by Crippen LogP contribution is 2.17. The maximum Gasteiger partial charge on any atom is 0.341 e. The van der Waals surface area contributed by atoms with Gasteiger partial charge in [0.2, 0.25) is 5.91 Å². The summed E-state index contributed by atoms with van der Waals surface area (Å²) in [6, 6.07) is 1.61. The fourth-order valence-electron chi connectivity index (χ4n) is 4.19. The van der Waals surface area contributed by atoms with Crippen molar-refractivity contribution in [1.29, 1.82) is 0 Å². The van der Waals surface area contributed by atoms with Gasteiger partial charge < -0.3 is 24.3 Å². The molecular formula is C22H36IN5O4. The predicted octanol–water partition coefficient (Wildman–Crippen LogP) is 2.09. The topological polar surface area (TPSA) is 90.6 Å². The molecule has 1 amide bonds. The molecule has 10 heteroatoms. The summed E-state index contributed by atoms with van der Waals surface area (Å²) in [5.41, 5.74) is 0.433. The SMILES string of the molecule is CCNC(=NCc1cc(C(=O)OC)c(C)o1)N1CCN(C(C)C(=O)N2CCCC2)CC1.I. The van der Waals surface area contributed by atoms with Crippen LogP contribution in [0.1, 0.15) is 48.6 Å². The molecule has 1 atom stereocenters. The van der Waals surface area contributed by atoms with Crippen molar-refractivity contribution in [2.75, 3.05) is 52.9 Å². The zero-order chi connectivity index (χ0) is 22.4. The number of esters is 1. The molecule has 0 aromatic carbocycles. The summed E-state index contributed by atoms with van der Waals surface area (Å²) in [7, 11) is 1.36. The van der Waals surface area contributed by atoms with Gasteiger partial charge in [-0.1, -0.05) is 0 Å². The molecular weight excluding hydrogens is 525 g/mol. The van der Waals surface area contributed by atoms with Gasteiger partial charge in [0, 0.05) is 45.8 Å². The summed E-state index contributed by atoms with van der Waals surface area (Å²) >= 11 is 0. The molecule has 3 heterocycles. The van der Waals surface area contributed by atoms with Crippen molar-refractivity contribution in [3.8, 4) is 0 Å². The number of hydrogen-bond donors (Lipinski definition) is 1. The minimum Gasteiger partial charge on any atom is -0.465 e. The van der Waals surface area contributed by atoms with E-state index < -0.39 is 5.97 Å². The summed E-state index contributed by atoms with van der Waals surface area (Å²) in [6.45, 7) is 11.9. The Balaban J connectivity index is 0.00000363. The van der Waals surface area contributed by atoms with Crippen LogP contribution in [0, 0.1) is 6.92 Å². The maximum atomic E-state index is 12.7. The molecule has 1 aromatic heterocycles. The first-order chi connectivity index (χ1) is 14.9. The van der Waals surface area contributed by atoms with E-state index >= 15 is 0 Å². The molecule has 1 N–H and O–H groups in total. The fourth-order valence-corrected chi connectivity index (χ4v) is 4.19. The molecule has 180 valence electrons. The van der Waals surface area contributed by atoms with Gasteiger partial charge in [-0.3, -0.25) is 9.69 Å². The first-order valence-electron chi connectivity index (χ1n) is 11.2. The number of guanidine groups is 1. The van der Waals surface area contributed by atoms with E-state index in [2.05, 4.69) is 15.1 Å². The smallest absolute Gasteiger partial charge is 0.341 e. The van der Waals surface area contributed by atoms with Crippen LogP contribution in [0.15, 0.2) is 15.5 Å². The Hall–Kier alpha value is -1.82. The third-order valence-corrected chi connectivity index (χ3v) is 6.03. The number of piperazine rings is 1. The third-order valence-electron chi connectivity index (χ3n) is 6.03. The molecule has 2 saturated heterocycles. The number of nitrogens with one attached hydrogen (secondary N) is 1. The molecule has 0 radical (unpaired) electrons. The molecule has 1 aromatic rings. The average Bonchev–Trinajstić information content (AvgIpc) is 3.45. The van der Waals surface area contributed by atoms with Crippen molar-refractivity contribution in [2.45, 2.75) is 46.2 Å². The van der Waals surface area contributed by atoms with Crippen molar-refractivity contribution >= 4 is 41.8 Å². The van der Waals surface area contributed by atoms with Gasteiger partial charge >= 0.3 is 5.97 Å². The highest BCUT2D eigenvalue weighted by Gasteiger charge is 2.30. The van der Waals surface area contributed by atoms with Crippen LogP contribution >= 0.6 is 24.0 Å². The monoisotopic (exact) mass is 561 g/mol. The Labute approximate surface area is 207 Å². The van der Waals surface area contributed by atoms with Gasteiger partial charge in [-0.25, -0.2) is 9.79 Å². The Morgan fingerprint density at radius 3 is 2.41 bits per heavy atom. The van der Waals surface area contributed by atoms with Gasteiger partial charge in [0.1, 0.15) is 23.6 Å². The number of carbonyl (C=O) groups excluding carboxylic acids is 2. The van der Waals surface area contributed by atoms with Gasteiger partial charge in [0.05, 0.1) is 13.2 Å². The van der Waals surface area contributed by atoms with Crippen molar-refractivity contribution in [2.24, 2.45) is 4.99 Å². The van der Waals surface area contributed by atoms with E-state index in [9.17, 15) is 9.59 Å². The van der Waals surface area contributed by atoms with Crippen LogP contribution in [0.4, 0.5) is 0 Å². The van der Waals surface area contributed by atoms with Gasteiger partial charge in [-0.05, 0) is 39.7 Å². The standard InChI is InChI=1S/C22H35N5O4.HI/c1-5-23-22(24-15-18-14-19(17(3)31-18)21(29)30-4)27-12-10-25(11-13-27)16(2)20(28)26-8-6-7-9-26;/h14,16H,5-13,15H2,1-4H3,(H,23,24);1H. The number of furan rings is 1. The number of aryl methyl sites for hydroxylation is 1. The van der Waals surface area contributed by atoms with Crippen molar-refractivity contribution < 1.29 is 18.7 Å². The van der Waals surface area contributed by atoms with E-state index in [0.717, 1.165) is 64.6 Å². The molecule has 32 heavy (non-hydrogen) atoms. The van der Waals surface area contributed by atoms with Gasteiger partial charge in [-0.15, -0.1) is 24.0 Å². The molecule has 0 aliphatic carbocycles. The number of halogens is 1. The quantitative estimate of drug-likeness (QED) is 0.246. The molecule has 1 unspecified atom stereocenters. The molecule has 2 aliphatic rings. The van der Waals surface area contributed by atoms with Crippen LogP contribution in [-0.4, -0.2) is 91.5 Å². The third kappa shape index (κ3) is 6.37. The van der Waals surface area contributed by atoms with Crippen LogP contribution in [0.2, 0.25) is 0 Å². The second-order valence-corrected chi connectivity index (χ2v) is 8.08. The highest BCUT2D eigenvalue weighted by molar-refractivity contribution is 14.0. The lowest BCUT2D eigenvalue weighted by molar-refractivity contribution is -0.135. The molecule has 3 rings (SSSR count). The number of ether oxygens (including phenoxy) is 1. The number of amides is 1. The minimum atomic E-state index is -0.405. The number of nitrogens with zero attached hydrogens (tertiary/aromatic N) is 4. The van der Waals surface area contributed by atoms with Crippen LogP contribution in [0.25, 0.3) is 0 Å². The van der Waals surface area contributed by atoms with E-state index in [1.165, 1.54) is 7.11 Å². The summed E-state index contributed by atoms with van der Waals surface area (Å²) in [4.78, 5) is 35.7. The lowest BCUT2D eigenvalue weighted by Gasteiger charge is -2.39. The Morgan fingerprint density at radius 1 is 1.16 bits per heavy atom. The van der Waals surface area contributed by atoms with E-state index in [1.54, 1.807) is 13.0 Å². The summed E-state index contributed by atoms with van der Waals surface area (Å²) in [5, 5.41) is 3.34. The van der Waals surface area contributed by atoms with Crippen LogP contribution < -0.4 is 5.32 Å². The molecule has 0 bridgehead atoms. The zero-order valence-corrected chi connectivity index (χ0v) is 21.9. The maximum absolute atomic E-state index is 12.7. The highest BCUT2D eigenvalue weighted by atomic mass is 127. The molecule has 2 fully saturated rings. The van der Waals surface area contributed by atoms with E-state index in [1.807, 2.05) is 18.7 Å². The first-order valence-corrected chi connectivity index (χ1v) is 11.2. The first kappa shape index (κ1) is 26.4. The Kier molecular flexibility index (Phi) is 10.3. The fraction of sp³-hybridized carbons (Fsp3) is 0.682. The lowest BCUT2D eigenvalue weighted by atomic mass is 10.2.